The van der Waals surface area contributed by atoms with Crippen LogP contribution in [0.3, 0.4) is 0 Å². The molecule has 1 N–H and O–H groups in total. The fraction of sp³-hybridized carbons (Fsp3) is 0.296. The molecule has 4 rings (SSSR count). The van der Waals surface area contributed by atoms with Crippen LogP contribution in [-0.2, 0) is 21.2 Å². The Balaban J connectivity index is 1.52. The lowest BCUT2D eigenvalue weighted by Gasteiger charge is -2.37. The van der Waals surface area contributed by atoms with Gasteiger partial charge in [-0.25, -0.2) is 8.42 Å². The molecule has 0 aliphatic carbocycles. The van der Waals surface area contributed by atoms with E-state index in [0.29, 0.717) is 37.5 Å². The number of ether oxygens (including phenoxy) is 1. The number of nitrogens with one attached hydrogen (secondary N) is 1. The number of piperazine rings is 1. The molecule has 1 amide bonds. The molecule has 1 unspecified atom stereocenters. The third kappa shape index (κ3) is 6.01. The largest absolute Gasteiger partial charge is 0.496 e. The molecule has 3 aromatic carbocycles. The number of hydrogen-bond donors (Lipinski definition) is 1. The maximum Gasteiger partial charge on any atom is 0.241 e. The summed E-state index contributed by atoms with van der Waals surface area (Å²) < 4.78 is 34.5. The lowest BCUT2D eigenvalue weighted by atomic mass is 10.1. The number of amides is 1. The van der Waals surface area contributed by atoms with Gasteiger partial charge in [-0.2, -0.15) is 4.72 Å². The smallest absolute Gasteiger partial charge is 0.241 e. The van der Waals surface area contributed by atoms with Gasteiger partial charge >= 0.3 is 0 Å². The number of carbonyl (C=O) groups excluding carboxylic acids is 1. The molecule has 7 nitrogen and oxygen atoms in total. The van der Waals surface area contributed by atoms with Crippen LogP contribution in [0.25, 0.3) is 0 Å². The Kier molecular flexibility index (Phi) is 7.73. The molecule has 8 heteroatoms. The molecule has 184 valence electrons. The minimum atomic E-state index is -3.93. The minimum absolute atomic E-state index is 0.107. The van der Waals surface area contributed by atoms with Gasteiger partial charge in [-0.15, -0.1) is 0 Å². The Morgan fingerprint density at radius 2 is 1.57 bits per heavy atom. The Hall–Kier alpha value is -3.36. The molecule has 0 aromatic heterocycles. The lowest BCUT2D eigenvalue weighted by Crippen LogP contribution is -2.55. The van der Waals surface area contributed by atoms with Gasteiger partial charge in [0.05, 0.1) is 12.0 Å². The highest BCUT2D eigenvalue weighted by molar-refractivity contribution is 7.89. The molecule has 35 heavy (non-hydrogen) atoms. The molecule has 1 fully saturated rings. The summed E-state index contributed by atoms with van der Waals surface area (Å²) in [5.74, 6) is 0.396. The van der Waals surface area contributed by atoms with Gasteiger partial charge in [0.25, 0.3) is 0 Å². The summed E-state index contributed by atoms with van der Waals surface area (Å²) >= 11 is 0. The van der Waals surface area contributed by atoms with Crippen molar-refractivity contribution in [2.45, 2.75) is 24.3 Å². The van der Waals surface area contributed by atoms with Crippen molar-refractivity contribution in [2.24, 2.45) is 0 Å². The van der Waals surface area contributed by atoms with E-state index in [-0.39, 0.29) is 17.2 Å². The highest BCUT2D eigenvalue weighted by Gasteiger charge is 2.31. The van der Waals surface area contributed by atoms with Crippen LogP contribution in [0.5, 0.6) is 5.75 Å². The average Bonchev–Trinajstić information content (AvgIpc) is 2.89. The first-order valence-electron chi connectivity index (χ1n) is 11.7. The fourth-order valence-electron chi connectivity index (χ4n) is 4.35. The maximum absolute atomic E-state index is 13.6. The minimum Gasteiger partial charge on any atom is -0.496 e. The van der Waals surface area contributed by atoms with E-state index in [2.05, 4.69) is 21.8 Å². The van der Waals surface area contributed by atoms with Crippen LogP contribution in [0.4, 0.5) is 5.69 Å². The van der Waals surface area contributed by atoms with Crippen LogP contribution in [0.1, 0.15) is 11.1 Å². The van der Waals surface area contributed by atoms with Crippen molar-refractivity contribution >= 4 is 21.6 Å². The van der Waals surface area contributed by atoms with Gasteiger partial charge in [-0.1, -0.05) is 48.5 Å². The summed E-state index contributed by atoms with van der Waals surface area (Å²) in [6.07, 6.45) is 0.271. The van der Waals surface area contributed by atoms with E-state index in [9.17, 15) is 13.2 Å². The number of benzene rings is 3. The Bertz CT molecular complexity index is 1240. The molecule has 1 aliphatic heterocycles. The van der Waals surface area contributed by atoms with Crippen molar-refractivity contribution in [1.29, 1.82) is 0 Å². The predicted molar refractivity (Wildman–Crippen MR) is 137 cm³/mol. The quantitative estimate of drug-likeness (QED) is 0.521. The van der Waals surface area contributed by atoms with Crippen LogP contribution >= 0.6 is 0 Å². The molecule has 1 saturated heterocycles. The lowest BCUT2D eigenvalue weighted by molar-refractivity contribution is -0.133. The molecule has 0 saturated carbocycles. The Labute approximate surface area is 207 Å². The maximum atomic E-state index is 13.6. The summed E-state index contributed by atoms with van der Waals surface area (Å²) in [5, 5.41) is 0. The molecule has 1 atom stereocenters. The van der Waals surface area contributed by atoms with Crippen LogP contribution in [0, 0.1) is 6.92 Å². The van der Waals surface area contributed by atoms with Gasteiger partial charge in [0.15, 0.2) is 0 Å². The molecule has 0 spiro atoms. The summed E-state index contributed by atoms with van der Waals surface area (Å²) in [6.45, 7) is 4.23. The molecule has 3 aromatic rings. The monoisotopic (exact) mass is 493 g/mol. The zero-order valence-electron chi connectivity index (χ0n) is 20.1. The summed E-state index contributed by atoms with van der Waals surface area (Å²) in [5.41, 5.74) is 2.72. The number of methoxy groups -OCH3 is 1. The first-order valence-corrected chi connectivity index (χ1v) is 13.2. The van der Waals surface area contributed by atoms with Crippen LogP contribution in [-0.4, -0.2) is 58.6 Å². The third-order valence-electron chi connectivity index (χ3n) is 6.27. The van der Waals surface area contributed by atoms with E-state index in [0.717, 1.165) is 11.3 Å². The van der Waals surface area contributed by atoms with Crippen molar-refractivity contribution in [3.05, 3.63) is 90.0 Å². The first kappa shape index (κ1) is 24.8. The van der Waals surface area contributed by atoms with Crippen molar-refractivity contribution < 1.29 is 17.9 Å². The zero-order valence-corrected chi connectivity index (χ0v) is 20.9. The number of carbonyl (C=O) groups is 1. The molecule has 1 aliphatic rings. The topological polar surface area (TPSA) is 78.9 Å². The second-order valence-electron chi connectivity index (χ2n) is 8.64. The first-order chi connectivity index (χ1) is 16.9. The number of nitrogens with zero attached hydrogens (tertiary/aromatic N) is 2. The van der Waals surface area contributed by atoms with Crippen molar-refractivity contribution in [3.63, 3.8) is 0 Å². The predicted octanol–water partition coefficient (Wildman–Crippen LogP) is 3.24. The van der Waals surface area contributed by atoms with Gasteiger partial charge < -0.3 is 14.5 Å². The second kappa shape index (κ2) is 10.9. The summed E-state index contributed by atoms with van der Waals surface area (Å²) in [7, 11) is -2.39. The molecule has 0 radical (unpaired) electrons. The zero-order chi connectivity index (χ0) is 24.8. The molecule has 1 heterocycles. The van der Waals surface area contributed by atoms with Gasteiger partial charge in [-0.05, 0) is 54.8 Å². The fourth-order valence-corrected chi connectivity index (χ4v) is 5.62. The van der Waals surface area contributed by atoms with Crippen LogP contribution < -0.4 is 14.4 Å². The van der Waals surface area contributed by atoms with Gasteiger partial charge in [0.1, 0.15) is 11.8 Å². The normalized spacial score (nSPS) is 15.0. The van der Waals surface area contributed by atoms with Gasteiger partial charge in [0, 0.05) is 31.9 Å². The SMILES string of the molecule is COc1ccc(S(=O)(=O)NC(Cc2ccccc2)C(=O)N2CCN(c3ccccc3)CC2)cc1C. The van der Waals surface area contributed by atoms with E-state index in [1.807, 2.05) is 48.5 Å². The van der Waals surface area contributed by atoms with Gasteiger partial charge in [-0.3, -0.25) is 4.79 Å². The number of rotatable bonds is 8. The van der Waals surface area contributed by atoms with E-state index in [1.54, 1.807) is 31.1 Å². The Morgan fingerprint density at radius 3 is 2.17 bits per heavy atom. The Morgan fingerprint density at radius 1 is 0.943 bits per heavy atom. The van der Waals surface area contributed by atoms with Crippen LogP contribution in [0.15, 0.2) is 83.8 Å². The van der Waals surface area contributed by atoms with E-state index in [1.165, 1.54) is 6.07 Å². The second-order valence-corrected chi connectivity index (χ2v) is 10.4. The van der Waals surface area contributed by atoms with E-state index >= 15 is 0 Å². The van der Waals surface area contributed by atoms with Gasteiger partial charge in [0.2, 0.25) is 15.9 Å². The number of para-hydroxylation sites is 1. The van der Waals surface area contributed by atoms with Crippen LogP contribution in [0.2, 0.25) is 0 Å². The van der Waals surface area contributed by atoms with E-state index < -0.39 is 16.1 Å². The number of anilines is 1. The molecular weight excluding hydrogens is 462 g/mol. The van der Waals surface area contributed by atoms with E-state index in [4.69, 9.17) is 4.74 Å². The summed E-state index contributed by atoms with van der Waals surface area (Å²) in [4.78, 5) is 17.7. The molecule has 0 bridgehead atoms. The number of aryl methyl sites for hydroxylation is 1. The standard InChI is InChI=1S/C27H31N3O4S/c1-21-19-24(13-14-26(21)34-2)35(32,33)28-25(20-22-9-5-3-6-10-22)27(31)30-17-15-29(16-18-30)23-11-7-4-8-12-23/h3-14,19,25,28H,15-18,20H2,1-2H3. The molecular formula is C27H31N3O4S. The average molecular weight is 494 g/mol. The number of sulfonamides is 1. The van der Waals surface area contributed by atoms with Crippen molar-refractivity contribution in [1.82, 2.24) is 9.62 Å². The number of hydrogen-bond acceptors (Lipinski definition) is 5. The highest BCUT2D eigenvalue weighted by atomic mass is 32.2. The highest BCUT2D eigenvalue weighted by Crippen LogP contribution is 2.22. The van der Waals surface area contributed by atoms with Crippen molar-refractivity contribution in [3.8, 4) is 5.75 Å². The third-order valence-corrected chi connectivity index (χ3v) is 7.74. The van der Waals surface area contributed by atoms with Crippen molar-refractivity contribution in [2.75, 3.05) is 38.2 Å². The summed E-state index contributed by atoms with van der Waals surface area (Å²) in [6, 6.07) is 23.3.